The summed E-state index contributed by atoms with van der Waals surface area (Å²) in [5.41, 5.74) is 1.82. The number of rotatable bonds is 7. The van der Waals surface area contributed by atoms with Crippen LogP contribution in [0.15, 0.2) is 60.6 Å². The fourth-order valence-corrected chi connectivity index (χ4v) is 2.00. The lowest BCUT2D eigenvalue weighted by molar-refractivity contribution is -0.117. The molecule has 0 radical (unpaired) electrons. The summed E-state index contributed by atoms with van der Waals surface area (Å²) in [6, 6.07) is 12.0. The van der Waals surface area contributed by atoms with Gasteiger partial charge in [0.1, 0.15) is 11.6 Å². The lowest BCUT2D eigenvalue weighted by Gasteiger charge is -2.06. The number of nitriles is 1. The van der Waals surface area contributed by atoms with Crippen LogP contribution in [0.4, 0.5) is 5.69 Å². The first-order valence-corrected chi connectivity index (χ1v) is 7.95. The van der Waals surface area contributed by atoms with Gasteiger partial charge in [0.05, 0.1) is 12.2 Å². The van der Waals surface area contributed by atoms with Crippen molar-refractivity contribution in [1.82, 2.24) is 10.3 Å². The molecule has 0 atom stereocenters. The number of hydrogen-bond acceptors (Lipinski definition) is 6. The Hall–Kier alpha value is -3.66. The van der Waals surface area contributed by atoms with E-state index < -0.39 is 11.9 Å². The molecule has 2 rings (SSSR count). The number of ether oxygens (including phenoxy) is 1. The zero-order valence-corrected chi connectivity index (χ0v) is 14.2. The molecule has 7 heteroatoms. The zero-order chi connectivity index (χ0) is 18.8. The van der Waals surface area contributed by atoms with Crippen LogP contribution in [0.5, 0.6) is 0 Å². The molecule has 0 unspecified atom stereocenters. The number of aromatic nitrogens is 1. The standard InChI is InChI=1S/C19H18N4O3/c1-2-26-19(25)15-5-7-17(8-6-15)22-13-16(10-20)18(24)23-12-14-4-3-9-21-11-14/h3-9,11,13,22H,2,12H2,1H3,(H,23,24)/b16-13-. The van der Waals surface area contributed by atoms with E-state index in [1.54, 1.807) is 49.6 Å². The highest BCUT2D eigenvalue weighted by molar-refractivity contribution is 5.97. The first-order valence-electron chi connectivity index (χ1n) is 7.95. The number of nitrogens with one attached hydrogen (secondary N) is 2. The molecule has 26 heavy (non-hydrogen) atoms. The van der Waals surface area contributed by atoms with Gasteiger partial charge in [0.2, 0.25) is 0 Å². The predicted octanol–water partition coefficient (Wildman–Crippen LogP) is 2.39. The number of amides is 1. The fourth-order valence-electron chi connectivity index (χ4n) is 2.00. The fraction of sp³-hybridized carbons (Fsp3) is 0.158. The van der Waals surface area contributed by atoms with Gasteiger partial charge in [0, 0.05) is 30.8 Å². The van der Waals surface area contributed by atoms with Crippen molar-refractivity contribution in [3.63, 3.8) is 0 Å². The Morgan fingerprint density at radius 3 is 2.65 bits per heavy atom. The van der Waals surface area contributed by atoms with E-state index in [0.29, 0.717) is 17.9 Å². The molecule has 0 saturated carbocycles. The number of pyridine rings is 1. The number of anilines is 1. The lowest BCUT2D eigenvalue weighted by atomic mass is 10.2. The Bertz CT molecular complexity index is 824. The first-order chi connectivity index (χ1) is 12.6. The number of esters is 1. The zero-order valence-electron chi connectivity index (χ0n) is 14.2. The molecule has 0 bridgehead atoms. The Kier molecular flexibility index (Phi) is 6.89. The van der Waals surface area contributed by atoms with Gasteiger partial charge in [-0.25, -0.2) is 4.79 Å². The van der Waals surface area contributed by atoms with Gasteiger partial charge in [0.15, 0.2) is 0 Å². The van der Waals surface area contributed by atoms with Gasteiger partial charge in [-0.15, -0.1) is 0 Å². The van der Waals surface area contributed by atoms with E-state index in [-0.39, 0.29) is 12.1 Å². The number of hydrogen-bond donors (Lipinski definition) is 2. The van der Waals surface area contributed by atoms with Gasteiger partial charge in [-0.1, -0.05) is 6.07 Å². The Morgan fingerprint density at radius 1 is 1.27 bits per heavy atom. The van der Waals surface area contributed by atoms with Crippen LogP contribution in [-0.4, -0.2) is 23.5 Å². The molecule has 0 aliphatic carbocycles. The summed E-state index contributed by atoms with van der Waals surface area (Å²) in [5.74, 6) is -0.894. The smallest absolute Gasteiger partial charge is 0.338 e. The maximum absolute atomic E-state index is 12.1. The molecule has 0 saturated heterocycles. The summed E-state index contributed by atoms with van der Waals surface area (Å²) < 4.78 is 4.91. The van der Waals surface area contributed by atoms with E-state index in [9.17, 15) is 9.59 Å². The van der Waals surface area contributed by atoms with Gasteiger partial charge in [0.25, 0.3) is 5.91 Å². The van der Waals surface area contributed by atoms with Crippen LogP contribution in [-0.2, 0) is 16.1 Å². The molecule has 1 amide bonds. The van der Waals surface area contributed by atoms with Crippen molar-refractivity contribution >= 4 is 17.6 Å². The monoisotopic (exact) mass is 350 g/mol. The van der Waals surface area contributed by atoms with Gasteiger partial charge in [-0.05, 0) is 42.8 Å². The van der Waals surface area contributed by atoms with Crippen LogP contribution < -0.4 is 10.6 Å². The van der Waals surface area contributed by atoms with Crippen LogP contribution >= 0.6 is 0 Å². The van der Waals surface area contributed by atoms with E-state index in [4.69, 9.17) is 10.00 Å². The second-order valence-corrected chi connectivity index (χ2v) is 5.16. The number of benzene rings is 1. The summed E-state index contributed by atoms with van der Waals surface area (Å²) in [4.78, 5) is 27.6. The number of carbonyl (C=O) groups excluding carboxylic acids is 2. The van der Waals surface area contributed by atoms with Crippen molar-refractivity contribution in [3.8, 4) is 6.07 Å². The van der Waals surface area contributed by atoms with Gasteiger partial charge in [-0.2, -0.15) is 5.26 Å². The molecule has 7 nitrogen and oxygen atoms in total. The highest BCUT2D eigenvalue weighted by Crippen LogP contribution is 2.11. The molecule has 0 aliphatic heterocycles. The van der Waals surface area contributed by atoms with Crippen molar-refractivity contribution in [1.29, 1.82) is 5.26 Å². The van der Waals surface area contributed by atoms with E-state index in [1.807, 2.05) is 12.1 Å². The van der Waals surface area contributed by atoms with Gasteiger partial charge >= 0.3 is 5.97 Å². The summed E-state index contributed by atoms with van der Waals surface area (Å²) in [6.45, 7) is 2.32. The summed E-state index contributed by atoms with van der Waals surface area (Å²) >= 11 is 0. The van der Waals surface area contributed by atoms with Crippen LogP contribution in [0.25, 0.3) is 0 Å². The highest BCUT2D eigenvalue weighted by atomic mass is 16.5. The second kappa shape index (κ2) is 9.59. The van der Waals surface area contributed by atoms with Crippen LogP contribution in [0.3, 0.4) is 0 Å². The Labute approximate surface area is 151 Å². The molecule has 132 valence electrons. The van der Waals surface area contributed by atoms with E-state index >= 15 is 0 Å². The first kappa shape index (κ1) is 18.7. The average molecular weight is 350 g/mol. The van der Waals surface area contributed by atoms with E-state index in [1.165, 1.54) is 6.20 Å². The van der Waals surface area contributed by atoms with Gasteiger partial charge < -0.3 is 15.4 Å². The van der Waals surface area contributed by atoms with Crippen molar-refractivity contribution in [2.24, 2.45) is 0 Å². The third kappa shape index (κ3) is 5.46. The lowest BCUT2D eigenvalue weighted by Crippen LogP contribution is -2.24. The number of carbonyl (C=O) groups is 2. The quantitative estimate of drug-likeness (QED) is 0.451. The Balaban J connectivity index is 1.95. The van der Waals surface area contributed by atoms with Crippen LogP contribution in [0, 0.1) is 11.3 Å². The average Bonchev–Trinajstić information content (AvgIpc) is 2.68. The summed E-state index contributed by atoms with van der Waals surface area (Å²) in [7, 11) is 0. The molecular formula is C19H18N4O3. The van der Waals surface area contributed by atoms with Crippen molar-refractivity contribution in [3.05, 3.63) is 71.7 Å². The molecule has 0 spiro atoms. The van der Waals surface area contributed by atoms with Crippen molar-refractivity contribution in [2.75, 3.05) is 11.9 Å². The van der Waals surface area contributed by atoms with Crippen LogP contribution in [0.2, 0.25) is 0 Å². The Morgan fingerprint density at radius 2 is 2.04 bits per heavy atom. The third-order valence-electron chi connectivity index (χ3n) is 3.32. The normalized spacial score (nSPS) is 10.5. The van der Waals surface area contributed by atoms with Crippen molar-refractivity contribution in [2.45, 2.75) is 13.5 Å². The molecule has 2 aromatic rings. The molecule has 1 aromatic carbocycles. The largest absolute Gasteiger partial charge is 0.462 e. The minimum Gasteiger partial charge on any atom is -0.462 e. The molecule has 1 heterocycles. The van der Waals surface area contributed by atoms with Gasteiger partial charge in [-0.3, -0.25) is 9.78 Å². The minimum absolute atomic E-state index is 0.0663. The van der Waals surface area contributed by atoms with E-state index in [0.717, 1.165) is 5.56 Å². The van der Waals surface area contributed by atoms with Crippen LogP contribution in [0.1, 0.15) is 22.8 Å². The topological polar surface area (TPSA) is 104 Å². The minimum atomic E-state index is -0.494. The van der Waals surface area contributed by atoms with Crippen molar-refractivity contribution < 1.29 is 14.3 Å². The predicted molar refractivity (Wildman–Crippen MR) is 95.8 cm³/mol. The second-order valence-electron chi connectivity index (χ2n) is 5.16. The summed E-state index contributed by atoms with van der Waals surface area (Å²) in [6.07, 6.45) is 4.60. The molecule has 1 aromatic heterocycles. The maximum Gasteiger partial charge on any atom is 0.338 e. The maximum atomic E-state index is 12.1. The summed E-state index contributed by atoms with van der Waals surface area (Å²) in [5, 5.41) is 14.7. The number of nitrogens with zero attached hydrogens (tertiary/aromatic N) is 2. The highest BCUT2D eigenvalue weighted by Gasteiger charge is 2.09. The molecule has 0 aliphatic rings. The molecular weight excluding hydrogens is 332 g/mol. The SMILES string of the molecule is CCOC(=O)c1ccc(N/C=C(/C#N)C(=O)NCc2cccnc2)cc1. The third-order valence-corrected chi connectivity index (χ3v) is 3.32. The molecule has 2 N–H and O–H groups in total. The van der Waals surface area contributed by atoms with E-state index in [2.05, 4.69) is 15.6 Å². The molecule has 0 fully saturated rings.